The minimum absolute atomic E-state index is 0.182. The van der Waals surface area contributed by atoms with Gasteiger partial charge in [-0.15, -0.1) is 0 Å². The van der Waals surface area contributed by atoms with E-state index in [1.807, 2.05) is 35.8 Å². The lowest BCUT2D eigenvalue weighted by atomic mass is 10.0. The van der Waals surface area contributed by atoms with Crippen molar-refractivity contribution < 1.29 is 9.53 Å². The fraction of sp³-hybridized carbons (Fsp3) is 0.556. The van der Waals surface area contributed by atoms with Crippen LogP contribution in [0, 0.1) is 12.8 Å². The lowest BCUT2D eigenvalue weighted by molar-refractivity contribution is -0.131. The van der Waals surface area contributed by atoms with Gasteiger partial charge in [-0.1, -0.05) is 0 Å². The molecule has 3 rings (SSSR count). The molecule has 25 heavy (non-hydrogen) atoms. The van der Waals surface area contributed by atoms with Crippen LogP contribution in [0.25, 0.3) is 0 Å². The number of rotatable bonds is 5. The molecule has 7 nitrogen and oxygen atoms in total. The molecule has 1 saturated heterocycles. The average Bonchev–Trinajstić information content (AvgIpc) is 2.82. The topological polar surface area (TPSA) is 73.1 Å². The summed E-state index contributed by atoms with van der Waals surface area (Å²) in [5, 5.41) is 4.24. The third-order valence-corrected chi connectivity index (χ3v) is 4.78. The number of aryl methyl sites for hydroxylation is 2. The SMILES string of the molecule is Cc1c(CCC(=O)N2CCOCC(Cc3ccncn3)C2)cnn1C. The van der Waals surface area contributed by atoms with E-state index in [4.69, 9.17) is 4.74 Å². The average molecular weight is 343 g/mol. The van der Waals surface area contributed by atoms with E-state index < -0.39 is 0 Å². The van der Waals surface area contributed by atoms with Gasteiger partial charge in [0.25, 0.3) is 0 Å². The molecule has 0 N–H and O–H groups in total. The number of hydrogen-bond acceptors (Lipinski definition) is 5. The zero-order valence-corrected chi connectivity index (χ0v) is 14.9. The van der Waals surface area contributed by atoms with Crippen LogP contribution in [-0.2, 0) is 29.4 Å². The Hall–Kier alpha value is -2.28. The molecule has 1 aliphatic heterocycles. The third kappa shape index (κ3) is 4.63. The van der Waals surface area contributed by atoms with Crippen LogP contribution < -0.4 is 0 Å². The maximum Gasteiger partial charge on any atom is 0.222 e. The van der Waals surface area contributed by atoms with Crippen molar-refractivity contribution in [2.45, 2.75) is 26.2 Å². The van der Waals surface area contributed by atoms with Crippen molar-refractivity contribution >= 4 is 5.91 Å². The van der Waals surface area contributed by atoms with Gasteiger partial charge in [-0.05, 0) is 31.4 Å². The van der Waals surface area contributed by atoms with Gasteiger partial charge in [0, 0.05) is 50.1 Å². The van der Waals surface area contributed by atoms with Crippen molar-refractivity contribution in [1.29, 1.82) is 0 Å². The molecule has 1 unspecified atom stereocenters. The maximum absolute atomic E-state index is 12.7. The first-order chi connectivity index (χ1) is 12.1. The molecule has 1 fully saturated rings. The fourth-order valence-electron chi connectivity index (χ4n) is 3.15. The summed E-state index contributed by atoms with van der Waals surface area (Å²) in [6.07, 6.45) is 7.20. The van der Waals surface area contributed by atoms with Gasteiger partial charge < -0.3 is 9.64 Å². The summed E-state index contributed by atoms with van der Waals surface area (Å²) in [4.78, 5) is 22.8. The van der Waals surface area contributed by atoms with Crippen molar-refractivity contribution in [2.24, 2.45) is 13.0 Å². The van der Waals surface area contributed by atoms with E-state index in [0.29, 0.717) is 26.2 Å². The van der Waals surface area contributed by atoms with Gasteiger partial charge in [0.05, 0.1) is 19.4 Å². The predicted molar refractivity (Wildman–Crippen MR) is 92.9 cm³/mol. The molecule has 0 bridgehead atoms. The first-order valence-corrected chi connectivity index (χ1v) is 8.71. The van der Waals surface area contributed by atoms with Gasteiger partial charge in [0.1, 0.15) is 6.33 Å². The van der Waals surface area contributed by atoms with Crippen LogP contribution in [0.1, 0.15) is 23.4 Å². The highest BCUT2D eigenvalue weighted by Gasteiger charge is 2.23. The molecule has 1 amide bonds. The third-order valence-electron chi connectivity index (χ3n) is 4.78. The molecule has 134 valence electrons. The number of ether oxygens (including phenoxy) is 1. The number of carbonyl (C=O) groups is 1. The Morgan fingerprint density at radius 2 is 2.32 bits per heavy atom. The van der Waals surface area contributed by atoms with Crippen molar-refractivity contribution in [1.82, 2.24) is 24.6 Å². The minimum Gasteiger partial charge on any atom is -0.379 e. The van der Waals surface area contributed by atoms with Crippen LogP contribution in [0.15, 0.2) is 24.8 Å². The lowest BCUT2D eigenvalue weighted by Crippen LogP contribution is -2.36. The Labute approximate surface area is 148 Å². The second-order valence-corrected chi connectivity index (χ2v) is 6.56. The monoisotopic (exact) mass is 343 g/mol. The van der Waals surface area contributed by atoms with E-state index in [0.717, 1.165) is 36.3 Å². The quantitative estimate of drug-likeness (QED) is 0.815. The van der Waals surface area contributed by atoms with Crippen LogP contribution in [0.3, 0.4) is 0 Å². The highest BCUT2D eigenvalue weighted by molar-refractivity contribution is 5.76. The van der Waals surface area contributed by atoms with E-state index in [9.17, 15) is 4.79 Å². The van der Waals surface area contributed by atoms with Gasteiger partial charge in [0.15, 0.2) is 0 Å². The van der Waals surface area contributed by atoms with Crippen LogP contribution in [0.5, 0.6) is 0 Å². The second-order valence-electron chi connectivity index (χ2n) is 6.56. The summed E-state index contributed by atoms with van der Waals surface area (Å²) < 4.78 is 7.54. The standard InChI is InChI=1S/C18H25N5O2/c1-14-16(10-21-22(14)2)3-4-18(24)23-7-8-25-12-15(11-23)9-17-5-6-19-13-20-17/h5-6,10,13,15H,3-4,7-9,11-12H2,1-2H3. The number of aromatic nitrogens is 4. The van der Waals surface area contributed by atoms with E-state index in [1.165, 1.54) is 0 Å². The molecule has 0 aromatic carbocycles. The van der Waals surface area contributed by atoms with E-state index in [-0.39, 0.29) is 11.8 Å². The molecular weight excluding hydrogens is 318 g/mol. The molecular formula is C18H25N5O2. The predicted octanol–water partition coefficient (Wildman–Crippen LogP) is 1.17. The molecule has 7 heteroatoms. The molecule has 0 spiro atoms. The molecule has 1 atom stereocenters. The number of hydrogen-bond donors (Lipinski definition) is 0. The molecule has 0 saturated carbocycles. The molecule has 2 aromatic heterocycles. The Balaban J connectivity index is 1.56. The van der Waals surface area contributed by atoms with Crippen molar-refractivity contribution in [3.8, 4) is 0 Å². The number of nitrogens with zero attached hydrogens (tertiary/aromatic N) is 5. The van der Waals surface area contributed by atoms with Crippen LogP contribution in [-0.4, -0.2) is 56.9 Å². The highest BCUT2D eigenvalue weighted by Crippen LogP contribution is 2.15. The normalized spacial score (nSPS) is 18.2. The number of carbonyl (C=O) groups excluding carboxylic acids is 1. The van der Waals surface area contributed by atoms with Gasteiger partial charge in [-0.2, -0.15) is 5.10 Å². The zero-order chi connectivity index (χ0) is 17.6. The second kappa shape index (κ2) is 8.20. The Morgan fingerprint density at radius 1 is 1.44 bits per heavy atom. The lowest BCUT2D eigenvalue weighted by Gasteiger charge is -2.23. The molecule has 1 aliphatic rings. The number of amides is 1. The van der Waals surface area contributed by atoms with Crippen molar-refractivity contribution in [3.63, 3.8) is 0 Å². The first kappa shape index (κ1) is 17.5. The summed E-state index contributed by atoms with van der Waals surface area (Å²) in [5.74, 6) is 0.447. The molecule has 2 aromatic rings. The summed E-state index contributed by atoms with van der Waals surface area (Å²) in [6.45, 7) is 4.66. The maximum atomic E-state index is 12.7. The minimum atomic E-state index is 0.182. The van der Waals surface area contributed by atoms with E-state index in [1.54, 1.807) is 12.5 Å². The largest absolute Gasteiger partial charge is 0.379 e. The van der Waals surface area contributed by atoms with Gasteiger partial charge >= 0.3 is 0 Å². The summed E-state index contributed by atoms with van der Waals surface area (Å²) in [7, 11) is 1.92. The molecule has 0 radical (unpaired) electrons. The summed E-state index contributed by atoms with van der Waals surface area (Å²) >= 11 is 0. The van der Waals surface area contributed by atoms with Crippen LogP contribution >= 0.6 is 0 Å². The summed E-state index contributed by atoms with van der Waals surface area (Å²) in [6, 6.07) is 1.92. The highest BCUT2D eigenvalue weighted by atomic mass is 16.5. The fourth-order valence-corrected chi connectivity index (χ4v) is 3.15. The molecule has 0 aliphatic carbocycles. The summed E-state index contributed by atoms with van der Waals surface area (Å²) in [5.41, 5.74) is 3.25. The van der Waals surface area contributed by atoms with Crippen LogP contribution in [0.4, 0.5) is 0 Å². The smallest absolute Gasteiger partial charge is 0.222 e. The van der Waals surface area contributed by atoms with E-state index >= 15 is 0 Å². The zero-order valence-electron chi connectivity index (χ0n) is 14.9. The van der Waals surface area contributed by atoms with Gasteiger partial charge in [-0.25, -0.2) is 9.97 Å². The van der Waals surface area contributed by atoms with Gasteiger partial charge in [0.2, 0.25) is 5.91 Å². The molecule has 3 heterocycles. The Bertz CT molecular complexity index is 701. The Morgan fingerprint density at radius 3 is 3.04 bits per heavy atom. The van der Waals surface area contributed by atoms with Gasteiger partial charge in [-0.3, -0.25) is 9.48 Å². The van der Waals surface area contributed by atoms with Crippen molar-refractivity contribution in [3.05, 3.63) is 41.7 Å². The van der Waals surface area contributed by atoms with E-state index in [2.05, 4.69) is 15.1 Å². The van der Waals surface area contributed by atoms with Crippen LogP contribution in [0.2, 0.25) is 0 Å². The Kier molecular flexibility index (Phi) is 5.75. The first-order valence-electron chi connectivity index (χ1n) is 8.71. The van der Waals surface area contributed by atoms with Crippen molar-refractivity contribution in [2.75, 3.05) is 26.3 Å².